The van der Waals surface area contributed by atoms with Gasteiger partial charge in [-0.15, -0.1) is 0 Å². The second kappa shape index (κ2) is 6.37. The smallest absolute Gasteiger partial charge is 0.328 e. The van der Waals surface area contributed by atoms with Gasteiger partial charge < -0.3 is 15.0 Å². The molecule has 2 atom stereocenters. The van der Waals surface area contributed by atoms with Crippen molar-refractivity contribution in [1.29, 1.82) is 0 Å². The van der Waals surface area contributed by atoms with Gasteiger partial charge in [-0.3, -0.25) is 9.59 Å². The second-order valence-corrected chi connectivity index (χ2v) is 4.32. The van der Waals surface area contributed by atoms with E-state index in [1.54, 1.807) is 18.7 Å². The molecule has 0 bridgehead atoms. The van der Waals surface area contributed by atoms with Crippen LogP contribution < -0.4 is 5.32 Å². The molecule has 1 saturated heterocycles. The third-order valence-electron chi connectivity index (χ3n) is 2.97. The molecule has 18 heavy (non-hydrogen) atoms. The molecule has 0 aromatic rings. The summed E-state index contributed by atoms with van der Waals surface area (Å²) in [4.78, 5) is 36.4. The first kappa shape index (κ1) is 14.5. The molecule has 2 unspecified atom stereocenters. The lowest BCUT2D eigenvalue weighted by atomic mass is 10.1. The summed E-state index contributed by atoms with van der Waals surface area (Å²) in [7, 11) is 0. The van der Waals surface area contributed by atoms with E-state index in [0.29, 0.717) is 13.1 Å². The molecule has 0 spiro atoms. The quantitative estimate of drug-likeness (QED) is 0.698. The average molecular weight is 256 g/mol. The minimum absolute atomic E-state index is 0.0126. The van der Waals surface area contributed by atoms with Crippen molar-refractivity contribution < 1.29 is 19.1 Å². The standard InChI is InChI=1S/C12H20N2O4/c1-4-14-7-9(6-10(14)15)11(16)13-8(3)12(17)18-5-2/h8-9H,4-7H2,1-3H3,(H,13,16). The molecule has 2 amide bonds. The van der Waals surface area contributed by atoms with E-state index >= 15 is 0 Å². The summed E-state index contributed by atoms with van der Waals surface area (Å²) in [5.74, 6) is -1.10. The van der Waals surface area contributed by atoms with E-state index in [2.05, 4.69) is 5.32 Å². The number of rotatable bonds is 5. The van der Waals surface area contributed by atoms with E-state index in [0.717, 1.165) is 0 Å². The van der Waals surface area contributed by atoms with Crippen LogP contribution in [0.5, 0.6) is 0 Å². The molecule has 1 aliphatic rings. The zero-order valence-electron chi connectivity index (χ0n) is 11.1. The van der Waals surface area contributed by atoms with E-state index in [1.807, 2.05) is 6.92 Å². The number of amides is 2. The summed E-state index contributed by atoms with van der Waals surface area (Å²) in [6.07, 6.45) is 0.217. The number of hydrogen-bond acceptors (Lipinski definition) is 4. The summed E-state index contributed by atoms with van der Waals surface area (Å²) in [5, 5.41) is 2.58. The summed E-state index contributed by atoms with van der Waals surface area (Å²) < 4.78 is 4.80. The number of ether oxygens (including phenoxy) is 1. The van der Waals surface area contributed by atoms with Crippen LogP contribution in [0.2, 0.25) is 0 Å². The fraction of sp³-hybridized carbons (Fsp3) is 0.750. The maximum absolute atomic E-state index is 11.9. The van der Waals surface area contributed by atoms with Gasteiger partial charge in [-0.1, -0.05) is 0 Å². The Hall–Kier alpha value is -1.59. The van der Waals surface area contributed by atoms with Gasteiger partial charge in [-0.2, -0.15) is 0 Å². The highest BCUT2D eigenvalue weighted by Crippen LogP contribution is 2.17. The van der Waals surface area contributed by atoms with Gasteiger partial charge in [0.1, 0.15) is 6.04 Å². The number of nitrogens with zero attached hydrogens (tertiary/aromatic N) is 1. The molecule has 6 heteroatoms. The Kier molecular flexibility index (Phi) is 5.12. The molecular formula is C12H20N2O4. The molecule has 1 fully saturated rings. The van der Waals surface area contributed by atoms with E-state index in [9.17, 15) is 14.4 Å². The number of carbonyl (C=O) groups is 3. The molecule has 0 aliphatic carbocycles. The predicted molar refractivity (Wildman–Crippen MR) is 64.6 cm³/mol. The van der Waals surface area contributed by atoms with Gasteiger partial charge in [-0.25, -0.2) is 4.79 Å². The van der Waals surface area contributed by atoms with E-state index < -0.39 is 12.0 Å². The molecule has 0 saturated carbocycles. The highest BCUT2D eigenvalue weighted by molar-refractivity contribution is 5.91. The van der Waals surface area contributed by atoms with Crippen LogP contribution in [0.4, 0.5) is 0 Å². The Morgan fingerprint density at radius 3 is 2.67 bits per heavy atom. The van der Waals surface area contributed by atoms with Gasteiger partial charge in [0, 0.05) is 19.5 Å². The van der Waals surface area contributed by atoms with Crippen molar-refractivity contribution in [2.45, 2.75) is 33.2 Å². The number of likely N-dealkylation sites (tertiary alicyclic amines) is 1. The third-order valence-corrected chi connectivity index (χ3v) is 2.97. The summed E-state index contributed by atoms with van der Waals surface area (Å²) in [5.41, 5.74) is 0. The molecule has 0 aromatic heterocycles. The van der Waals surface area contributed by atoms with Crippen LogP contribution in [-0.2, 0) is 19.1 Å². The molecular weight excluding hydrogens is 236 g/mol. The molecule has 1 aliphatic heterocycles. The van der Waals surface area contributed by atoms with Crippen LogP contribution in [0, 0.1) is 5.92 Å². The van der Waals surface area contributed by atoms with Gasteiger partial charge in [0.2, 0.25) is 11.8 Å². The van der Waals surface area contributed by atoms with Crippen LogP contribution in [0.3, 0.4) is 0 Å². The minimum atomic E-state index is -0.678. The highest BCUT2D eigenvalue weighted by Gasteiger charge is 2.34. The van der Waals surface area contributed by atoms with Crippen molar-refractivity contribution in [3.05, 3.63) is 0 Å². The van der Waals surface area contributed by atoms with E-state index in [-0.39, 0.29) is 30.8 Å². The first-order valence-electron chi connectivity index (χ1n) is 6.24. The molecule has 1 rings (SSSR count). The fourth-order valence-electron chi connectivity index (χ4n) is 1.91. The summed E-state index contributed by atoms with van der Waals surface area (Å²) in [6.45, 7) is 6.47. The molecule has 6 nitrogen and oxygen atoms in total. The van der Waals surface area contributed by atoms with Gasteiger partial charge in [0.15, 0.2) is 0 Å². The van der Waals surface area contributed by atoms with E-state index in [1.165, 1.54) is 0 Å². The van der Waals surface area contributed by atoms with Crippen LogP contribution in [0.1, 0.15) is 27.2 Å². The average Bonchev–Trinajstić information content (AvgIpc) is 2.70. The maximum Gasteiger partial charge on any atom is 0.328 e. The van der Waals surface area contributed by atoms with Crippen molar-refractivity contribution in [2.24, 2.45) is 5.92 Å². The molecule has 102 valence electrons. The molecule has 0 radical (unpaired) electrons. The first-order valence-corrected chi connectivity index (χ1v) is 6.24. The van der Waals surface area contributed by atoms with Crippen molar-refractivity contribution in [2.75, 3.05) is 19.7 Å². The summed E-state index contributed by atoms with van der Waals surface area (Å²) >= 11 is 0. The maximum atomic E-state index is 11.9. The first-order chi connectivity index (χ1) is 8.49. The SMILES string of the molecule is CCOC(=O)C(C)NC(=O)C1CC(=O)N(CC)C1. The van der Waals surface area contributed by atoms with Crippen molar-refractivity contribution >= 4 is 17.8 Å². The number of hydrogen-bond donors (Lipinski definition) is 1. The minimum Gasteiger partial charge on any atom is -0.464 e. The fourth-order valence-corrected chi connectivity index (χ4v) is 1.91. The molecule has 1 heterocycles. The lowest BCUT2D eigenvalue weighted by Crippen LogP contribution is -2.43. The lowest BCUT2D eigenvalue weighted by Gasteiger charge is -2.16. The molecule has 1 N–H and O–H groups in total. The zero-order chi connectivity index (χ0) is 13.7. The van der Waals surface area contributed by atoms with Crippen molar-refractivity contribution in [3.8, 4) is 0 Å². The van der Waals surface area contributed by atoms with Crippen LogP contribution in [0.25, 0.3) is 0 Å². The summed E-state index contributed by atoms with van der Waals surface area (Å²) in [6, 6.07) is -0.678. The molecule has 0 aromatic carbocycles. The van der Waals surface area contributed by atoms with Crippen LogP contribution >= 0.6 is 0 Å². The number of esters is 1. The van der Waals surface area contributed by atoms with Crippen LogP contribution in [0.15, 0.2) is 0 Å². The zero-order valence-corrected chi connectivity index (χ0v) is 11.1. The van der Waals surface area contributed by atoms with Gasteiger partial charge in [0.25, 0.3) is 0 Å². The van der Waals surface area contributed by atoms with Gasteiger partial charge >= 0.3 is 5.97 Å². The normalized spacial score (nSPS) is 20.7. The Morgan fingerprint density at radius 1 is 1.50 bits per heavy atom. The lowest BCUT2D eigenvalue weighted by molar-refractivity contribution is -0.147. The van der Waals surface area contributed by atoms with Gasteiger partial charge in [0.05, 0.1) is 12.5 Å². The number of carbonyl (C=O) groups excluding carboxylic acids is 3. The Labute approximate surface area is 107 Å². The Balaban J connectivity index is 2.47. The Bertz CT molecular complexity index is 343. The predicted octanol–water partition coefficient (Wildman–Crippen LogP) is -0.0774. The van der Waals surface area contributed by atoms with Crippen molar-refractivity contribution in [1.82, 2.24) is 10.2 Å². The third kappa shape index (κ3) is 3.45. The van der Waals surface area contributed by atoms with E-state index in [4.69, 9.17) is 4.74 Å². The second-order valence-electron chi connectivity index (χ2n) is 4.32. The van der Waals surface area contributed by atoms with Gasteiger partial charge in [-0.05, 0) is 20.8 Å². The largest absolute Gasteiger partial charge is 0.464 e. The monoisotopic (exact) mass is 256 g/mol. The highest BCUT2D eigenvalue weighted by atomic mass is 16.5. The van der Waals surface area contributed by atoms with Crippen LogP contribution in [-0.4, -0.2) is 48.4 Å². The topological polar surface area (TPSA) is 75.7 Å². The van der Waals surface area contributed by atoms with Crippen molar-refractivity contribution in [3.63, 3.8) is 0 Å². The Morgan fingerprint density at radius 2 is 2.17 bits per heavy atom. The number of nitrogens with one attached hydrogen (secondary N) is 1.